The third kappa shape index (κ3) is 14.8. The van der Waals surface area contributed by atoms with Crippen LogP contribution >= 0.6 is 0 Å². The molecule has 7 rings (SSSR count). The smallest absolute Gasteiger partial charge is 0.0155 e. The molecule has 0 heteroatoms. The molecule has 0 N–H and O–H groups in total. The first kappa shape index (κ1) is 55.2. The van der Waals surface area contributed by atoms with E-state index in [0.29, 0.717) is 40.4 Å². The number of rotatable bonds is 24. The minimum atomic E-state index is 0.426. The van der Waals surface area contributed by atoms with E-state index in [1.807, 2.05) is 0 Å². The molecule has 6 aliphatic carbocycles. The summed E-state index contributed by atoms with van der Waals surface area (Å²) in [6, 6.07) is 9.88. The first-order valence-electron chi connectivity index (χ1n) is 30.1. The van der Waals surface area contributed by atoms with Crippen molar-refractivity contribution >= 4 is 0 Å². The first-order valence-corrected chi connectivity index (χ1v) is 30.1. The second kappa shape index (κ2) is 26.6. The van der Waals surface area contributed by atoms with Gasteiger partial charge in [0, 0.05) is 6.42 Å². The average Bonchev–Trinajstić information content (AvgIpc) is 4.12. The van der Waals surface area contributed by atoms with Crippen LogP contribution in [0.4, 0.5) is 0 Å². The summed E-state index contributed by atoms with van der Waals surface area (Å²) in [6.07, 6.45) is 62.5. The minimum Gasteiger partial charge on any atom is -0.120 e. The number of benzene rings is 1. The Kier molecular flexibility index (Phi) is 20.7. The largest absolute Gasteiger partial charge is 0.120 e. The lowest BCUT2D eigenvalue weighted by Gasteiger charge is -2.35. The van der Waals surface area contributed by atoms with Gasteiger partial charge in [-0.3, -0.25) is 0 Å². The van der Waals surface area contributed by atoms with Gasteiger partial charge in [-0.2, -0.15) is 0 Å². The van der Waals surface area contributed by atoms with E-state index in [1.54, 1.807) is 33.4 Å². The first-order chi connectivity index (χ1) is 34.4. The quantitative estimate of drug-likeness (QED) is 0.0550. The Morgan fingerprint density at radius 1 is 0.901 bits per heavy atom. The fourth-order valence-corrected chi connectivity index (χ4v) is 15.2. The van der Waals surface area contributed by atoms with Gasteiger partial charge in [0.2, 0.25) is 0 Å². The molecule has 386 valence electrons. The standard InChI is InChI=1S/C71H102/c1-11-21-68(69(22-12-2)63(15-5)48-61-31-29-58(30-32-61)43-44-71-49-53(7)45-56(13-3)50-70(71,10)51-71)55(9)62(14-4)46-52(6)27-28-57-33-38-65(39-34-57)54(8)64-26-20-23-59(35-40-64)47-60-36-41-67(42-37-60)66-24-18-16-17-19-25-66/h1,15,18,23-25,33-34,36,38-39,41,45,50,52,54-55,58,61-62,64,68H,5,12-14,16-17,19-22,26-32,35,37,40,42-44,46-49,51H2,2-4,6-10H3. The summed E-state index contributed by atoms with van der Waals surface area (Å²) in [7, 11) is 0. The number of aryl methyl sites for hydroxylation is 1. The molecule has 0 saturated heterocycles. The van der Waals surface area contributed by atoms with E-state index >= 15 is 0 Å². The molecule has 8 atom stereocenters. The monoisotopic (exact) mass is 955 g/mol. The van der Waals surface area contributed by atoms with E-state index in [-0.39, 0.29) is 0 Å². The minimum absolute atomic E-state index is 0.426. The number of terminal acetylenes is 1. The van der Waals surface area contributed by atoms with Crippen molar-refractivity contribution in [3.05, 3.63) is 141 Å². The summed E-state index contributed by atoms with van der Waals surface area (Å²) in [5.74, 6) is 8.63. The van der Waals surface area contributed by atoms with Crippen LogP contribution in [0, 0.1) is 64.6 Å². The van der Waals surface area contributed by atoms with Crippen LogP contribution in [0.1, 0.15) is 239 Å². The van der Waals surface area contributed by atoms with Gasteiger partial charge in [-0.25, -0.2) is 0 Å². The van der Waals surface area contributed by atoms with Crippen LogP contribution < -0.4 is 0 Å². The molecule has 0 spiro atoms. The SMILES string of the molecule is C#CCC(C(CCC)=C(C=C)CC1CCC(CCC23CC(C)=CC(CC)=CC2(C)C3)CC1)C(C)C(CC)CC(C)CCc1ccc(C(C)C2CCC=C(CC3=CC=C(C4=CCCCC=C4)CC3)CC2)cc1. The number of fused-ring (bicyclic) bond motifs is 1. The van der Waals surface area contributed by atoms with Crippen LogP contribution in [0.3, 0.4) is 0 Å². The van der Waals surface area contributed by atoms with Gasteiger partial charge in [0.25, 0.3) is 0 Å². The molecule has 0 bridgehead atoms. The predicted octanol–water partition coefficient (Wildman–Crippen LogP) is 21.2. The summed E-state index contributed by atoms with van der Waals surface area (Å²) in [4.78, 5) is 0. The van der Waals surface area contributed by atoms with E-state index in [2.05, 4.69) is 147 Å². The summed E-state index contributed by atoms with van der Waals surface area (Å²) >= 11 is 0. The molecule has 1 aromatic carbocycles. The van der Waals surface area contributed by atoms with E-state index in [9.17, 15) is 0 Å². The van der Waals surface area contributed by atoms with Crippen LogP contribution in [-0.2, 0) is 6.42 Å². The van der Waals surface area contributed by atoms with Crippen molar-refractivity contribution in [3.63, 3.8) is 0 Å². The van der Waals surface area contributed by atoms with Crippen LogP contribution in [-0.4, -0.2) is 0 Å². The van der Waals surface area contributed by atoms with Crippen molar-refractivity contribution < 1.29 is 0 Å². The number of hydrogen-bond donors (Lipinski definition) is 0. The Morgan fingerprint density at radius 2 is 1.69 bits per heavy atom. The van der Waals surface area contributed by atoms with Crippen molar-refractivity contribution in [3.8, 4) is 12.3 Å². The van der Waals surface area contributed by atoms with Gasteiger partial charge in [0.1, 0.15) is 0 Å². The van der Waals surface area contributed by atoms with Crippen molar-refractivity contribution in [2.45, 2.75) is 235 Å². The number of allylic oxidation sites excluding steroid dienone is 17. The second-order valence-electron chi connectivity index (χ2n) is 25.1. The second-order valence-corrected chi connectivity index (χ2v) is 25.1. The predicted molar refractivity (Wildman–Crippen MR) is 311 cm³/mol. The van der Waals surface area contributed by atoms with E-state index in [1.165, 1.54) is 183 Å². The van der Waals surface area contributed by atoms with Gasteiger partial charge < -0.3 is 0 Å². The normalized spacial score (nSPS) is 28.2. The summed E-state index contributed by atoms with van der Waals surface area (Å²) in [6.45, 7) is 24.1. The fourth-order valence-electron chi connectivity index (χ4n) is 15.2. The molecular weight excluding hydrogens is 853 g/mol. The Labute approximate surface area is 438 Å². The summed E-state index contributed by atoms with van der Waals surface area (Å²) < 4.78 is 0. The molecule has 0 nitrogen and oxygen atoms in total. The molecule has 2 fully saturated rings. The maximum atomic E-state index is 6.26. The highest BCUT2D eigenvalue weighted by Crippen LogP contribution is 2.71. The lowest BCUT2D eigenvalue weighted by Crippen LogP contribution is -2.25. The molecule has 2 saturated carbocycles. The van der Waals surface area contributed by atoms with E-state index in [0.717, 1.165) is 30.6 Å². The van der Waals surface area contributed by atoms with E-state index in [4.69, 9.17) is 6.42 Å². The van der Waals surface area contributed by atoms with Crippen LogP contribution in [0.5, 0.6) is 0 Å². The van der Waals surface area contributed by atoms with Gasteiger partial charge in [-0.05, 0) is 234 Å². The molecule has 0 heterocycles. The van der Waals surface area contributed by atoms with Crippen molar-refractivity contribution in [2.24, 2.45) is 52.3 Å². The maximum Gasteiger partial charge on any atom is 0.0155 e. The van der Waals surface area contributed by atoms with Crippen molar-refractivity contribution in [2.75, 3.05) is 0 Å². The topological polar surface area (TPSA) is 0 Å². The molecule has 0 radical (unpaired) electrons. The number of hydrogen-bond acceptors (Lipinski definition) is 0. The zero-order valence-corrected chi connectivity index (χ0v) is 47.0. The molecule has 0 amide bonds. The van der Waals surface area contributed by atoms with Crippen LogP contribution in [0.25, 0.3) is 0 Å². The summed E-state index contributed by atoms with van der Waals surface area (Å²) in [5.41, 5.74) is 16.7. The molecule has 71 heavy (non-hydrogen) atoms. The van der Waals surface area contributed by atoms with Crippen LogP contribution in [0.2, 0.25) is 0 Å². The fraction of sp³-hybridized carbons (Fsp3) is 0.634. The molecule has 6 aliphatic rings. The molecule has 1 aromatic rings. The third-order valence-corrected chi connectivity index (χ3v) is 20.1. The van der Waals surface area contributed by atoms with E-state index < -0.39 is 0 Å². The van der Waals surface area contributed by atoms with Gasteiger partial charge in [-0.15, -0.1) is 12.3 Å². The highest BCUT2D eigenvalue weighted by atomic mass is 14.7. The lowest BCUT2D eigenvalue weighted by molar-refractivity contribution is 0.219. The van der Waals surface area contributed by atoms with Gasteiger partial charge in [0.15, 0.2) is 0 Å². The lowest BCUT2D eigenvalue weighted by atomic mass is 9.70. The zero-order valence-electron chi connectivity index (χ0n) is 47.0. The highest BCUT2D eigenvalue weighted by molar-refractivity contribution is 5.45. The average molecular weight is 956 g/mol. The molecule has 8 unspecified atom stereocenters. The van der Waals surface area contributed by atoms with Gasteiger partial charge >= 0.3 is 0 Å². The van der Waals surface area contributed by atoms with Crippen molar-refractivity contribution in [1.82, 2.24) is 0 Å². The molecule has 0 aliphatic heterocycles. The van der Waals surface area contributed by atoms with Gasteiger partial charge in [-0.1, -0.05) is 188 Å². The Balaban J connectivity index is 0.867. The maximum absolute atomic E-state index is 6.26. The van der Waals surface area contributed by atoms with Crippen LogP contribution in [0.15, 0.2) is 130 Å². The molecule has 0 aromatic heterocycles. The van der Waals surface area contributed by atoms with Crippen molar-refractivity contribution in [1.29, 1.82) is 0 Å². The Morgan fingerprint density at radius 3 is 2.39 bits per heavy atom. The Hall–Kier alpha value is -3.56. The summed E-state index contributed by atoms with van der Waals surface area (Å²) in [5, 5.41) is 0. The van der Waals surface area contributed by atoms with Gasteiger partial charge in [0.05, 0.1) is 0 Å². The highest BCUT2D eigenvalue weighted by Gasteiger charge is 2.62. The third-order valence-electron chi connectivity index (χ3n) is 20.1. The zero-order chi connectivity index (χ0) is 50.4. The Bertz CT molecular complexity index is 2200. The molecular formula is C71H102.